The molecular formula is C22H46ClN. The third-order valence-electron chi connectivity index (χ3n) is 5.08. The van der Waals surface area contributed by atoms with E-state index in [1.165, 1.54) is 109 Å². The van der Waals surface area contributed by atoms with Crippen molar-refractivity contribution in [2.24, 2.45) is 0 Å². The number of nitrogens with zero attached hydrogens (tertiary/aromatic N) is 1. The zero-order chi connectivity index (χ0) is 17.2. The van der Waals surface area contributed by atoms with Gasteiger partial charge in [0.05, 0.1) is 26.8 Å². The molecule has 0 aromatic rings. The van der Waals surface area contributed by atoms with Crippen LogP contribution in [0.3, 0.4) is 0 Å². The van der Waals surface area contributed by atoms with Gasteiger partial charge in [-0.3, -0.25) is 0 Å². The first kappa shape index (κ1) is 26.2. The molecule has 0 saturated heterocycles. The molecule has 0 N–H and O–H groups in total. The summed E-state index contributed by atoms with van der Waals surface area (Å²) in [5, 5.41) is 0. The van der Waals surface area contributed by atoms with Crippen molar-refractivity contribution in [3.8, 4) is 0 Å². The average Bonchev–Trinajstić information content (AvgIpc) is 2.54. The van der Waals surface area contributed by atoms with Crippen molar-refractivity contribution in [2.75, 3.05) is 20.6 Å². The second kappa shape index (κ2) is 19.3. The molecule has 0 saturated carbocycles. The fourth-order valence-corrected chi connectivity index (χ4v) is 3.16. The van der Waals surface area contributed by atoms with Gasteiger partial charge in [0.2, 0.25) is 0 Å². The molecule has 0 radical (unpaired) electrons. The van der Waals surface area contributed by atoms with Crippen molar-refractivity contribution in [2.45, 2.75) is 110 Å². The van der Waals surface area contributed by atoms with Gasteiger partial charge in [-0.15, -0.1) is 0 Å². The molecule has 0 aliphatic carbocycles. The second-order valence-corrected chi connectivity index (χ2v) is 7.99. The first-order chi connectivity index (χ1) is 11.1. The summed E-state index contributed by atoms with van der Waals surface area (Å²) < 4.78 is 0.957. The highest BCUT2D eigenvalue weighted by molar-refractivity contribution is 4.53. The summed E-state index contributed by atoms with van der Waals surface area (Å²) in [6, 6.07) is 0. The lowest BCUT2D eigenvalue weighted by molar-refractivity contribution is -0.838. The highest BCUT2D eigenvalue weighted by Crippen LogP contribution is 2.14. The van der Waals surface area contributed by atoms with Crippen LogP contribution < -0.4 is 12.4 Å². The first-order valence-corrected chi connectivity index (χ1v) is 10.6. The molecule has 2 heteroatoms. The van der Waals surface area contributed by atoms with Gasteiger partial charge < -0.3 is 16.9 Å². The fourth-order valence-electron chi connectivity index (χ4n) is 3.16. The van der Waals surface area contributed by atoms with E-state index in [0.717, 1.165) is 4.48 Å². The van der Waals surface area contributed by atoms with Crippen LogP contribution in [0.1, 0.15) is 110 Å². The van der Waals surface area contributed by atoms with E-state index in [-0.39, 0.29) is 12.4 Å². The Morgan fingerprint density at radius 3 is 1.17 bits per heavy atom. The van der Waals surface area contributed by atoms with Gasteiger partial charge in [0.15, 0.2) is 0 Å². The summed E-state index contributed by atoms with van der Waals surface area (Å²) in [7, 11) is 4.47. The summed E-state index contributed by atoms with van der Waals surface area (Å²) in [6.07, 6.45) is 25.1. The van der Waals surface area contributed by atoms with Gasteiger partial charge in [-0.05, 0) is 19.4 Å². The SMILES string of the molecule is C=C[N+](C)(C)CCCCCCCCCCCCCCCCCC.[Cl-]. The minimum atomic E-state index is 0. The Morgan fingerprint density at radius 1 is 0.583 bits per heavy atom. The highest BCUT2D eigenvalue weighted by atomic mass is 35.5. The van der Waals surface area contributed by atoms with E-state index in [9.17, 15) is 0 Å². The number of quaternary nitrogens is 1. The maximum Gasteiger partial charge on any atom is 0.0881 e. The van der Waals surface area contributed by atoms with Crippen molar-refractivity contribution in [1.29, 1.82) is 0 Å². The normalized spacial score (nSPS) is 11.3. The molecule has 0 heterocycles. The molecule has 0 aliphatic heterocycles. The molecule has 146 valence electrons. The van der Waals surface area contributed by atoms with Crippen LogP contribution in [0.25, 0.3) is 0 Å². The van der Waals surface area contributed by atoms with Crippen molar-refractivity contribution in [3.05, 3.63) is 12.8 Å². The van der Waals surface area contributed by atoms with E-state index in [2.05, 4.69) is 27.6 Å². The molecule has 0 aromatic carbocycles. The van der Waals surface area contributed by atoms with Crippen LogP contribution in [0, 0.1) is 0 Å². The predicted molar refractivity (Wildman–Crippen MR) is 107 cm³/mol. The monoisotopic (exact) mass is 359 g/mol. The number of hydrogen-bond acceptors (Lipinski definition) is 0. The summed E-state index contributed by atoms with van der Waals surface area (Å²) in [5.41, 5.74) is 0. The molecule has 0 bridgehead atoms. The van der Waals surface area contributed by atoms with E-state index in [4.69, 9.17) is 0 Å². The van der Waals surface area contributed by atoms with Crippen LogP contribution in [0.2, 0.25) is 0 Å². The molecule has 0 aliphatic rings. The minimum absolute atomic E-state index is 0. The summed E-state index contributed by atoms with van der Waals surface area (Å²) in [4.78, 5) is 0. The van der Waals surface area contributed by atoms with Crippen LogP contribution in [0.5, 0.6) is 0 Å². The lowest BCUT2D eigenvalue weighted by Crippen LogP contribution is -3.00. The van der Waals surface area contributed by atoms with Gasteiger partial charge in [0.1, 0.15) is 0 Å². The maximum absolute atomic E-state index is 3.90. The van der Waals surface area contributed by atoms with Gasteiger partial charge in [0.25, 0.3) is 0 Å². The predicted octanol–water partition coefficient (Wildman–Crippen LogP) is 4.47. The third-order valence-corrected chi connectivity index (χ3v) is 5.08. The maximum atomic E-state index is 3.90. The highest BCUT2D eigenvalue weighted by Gasteiger charge is 2.08. The zero-order valence-corrected chi connectivity index (χ0v) is 17.9. The number of unbranched alkanes of at least 4 members (excludes halogenated alkanes) is 15. The fraction of sp³-hybridized carbons (Fsp3) is 0.909. The van der Waals surface area contributed by atoms with Crippen molar-refractivity contribution in [1.82, 2.24) is 0 Å². The van der Waals surface area contributed by atoms with E-state index >= 15 is 0 Å². The Bertz CT molecular complexity index is 250. The Kier molecular flexibility index (Phi) is 21.1. The minimum Gasteiger partial charge on any atom is -1.00 e. The number of halogens is 1. The molecular weight excluding hydrogens is 314 g/mol. The van der Waals surface area contributed by atoms with Crippen LogP contribution in [-0.2, 0) is 0 Å². The van der Waals surface area contributed by atoms with E-state index in [1.54, 1.807) is 0 Å². The molecule has 0 atom stereocenters. The van der Waals surface area contributed by atoms with Gasteiger partial charge in [0, 0.05) is 0 Å². The Balaban J connectivity index is 0. The van der Waals surface area contributed by atoms with Gasteiger partial charge >= 0.3 is 0 Å². The largest absolute Gasteiger partial charge is 1.00 e. The van der Waals surface area contributed by atoms with E-state index in [0.29, 0.717) is 0 Å². The van der Waals surface area contributed by atoms with Crippen LogP contribution in [-0.4, -0.2) is 25.1 Å². The van der Waals surface area contributed by atoms with Crippen molar-refractivity contribution >= 4 is 0 Å². The smallest absolute Gasteiger partial charge is 0.0881 e. The summed E-state index contributed by atoms with van der Waals surface area (Å²) in [5.74, 6) is 0. The topological polar surface area (TPSA) is 0 Å². The Morgan fingerprint density at radius 2 is 0.875 bits per heavy atom. The number of hydrogen-bond donors (Lipinski definition) is 0. The molecule has 0 fully saturated rings. The summed E-state index contributed by atoms with van der Waals surface area (Å²) in [6.45, 7) is 7.43. The van der Waals surface area contributed by atoms with E-state index < -0.39 is 0 Å². The molecule has 0 spiro atoms. The second-order valence-electron chi connectivity index (χ2n) is 7.99. The van der Waals surface area contributed by atoms with Crippen LogP contribution >= 0.6 is 0 Å². The van der Waals surface area contributed by atoms with Crippen LogP contribution in [0.4, 0.5) is 0 Å². The van der Waals surface area contributed by atoms with Gasteiger partial charge in [-0.25, -0.2) is 0 Å². The quantitative estimate of drug-likeness (QED) is 0.250. The average molecular weight is 360 g/mol. The lowest BCUT2D eigenvalue weighted by atomic mass is 10.0. The molecule has 0 amide bonds. The van der Waals surface area contributed by atoms with Crippen LogP contribution in [0.15, 0.2) is 12.8 Å². The van der Waals surface area contributed by atoms with Gasteiger partial charge in [-0.2, -0.15) is 0 Å². The third kappa shape index (κ3) is 20.0. The summed E-state index contributed by atoms with van der Waals surface area (Å²) >= 11 is 0. The molecule has 0 unspecified atom stereocenters. The lowest BCUT2D eigenvalue weighted by Gasteiger charge is -2.24. The standard InChI is InChI=1S/C22H46N.ClH/c1-5-7-8-9-10-11-12-13-14-15-16-17-18-19-20-21-22-23(3,4)6-2;/h6H,2,5,7-22H2,1,3-4H3;1H/q+1;/p-1. The Labute approximate surface area is 160 Å². The first-order valence-electron chi connectivity index (χ1n) is 10.6. The zero-order valence-electron chi connectivity index (χ0n) is 17.1. The number of rotatable bonds is 18. The Hall–Kier alpha value is -0.0100. The molecule has 1 nitrogen and oxygen atoms in total. The molecule has 24 heavy (non-hydrogen) atoms. The molecule has 0 rings (SSSR count). The molecule has 0 aromatic heterocycles. The van der Waals surface area contributed by atoms with Crippen molar-refractivity contribution in [3.63, 3.8) is 0 Å². The van der Waals surface area contributed by atoms with Crippen molar-refractivity contribution < 1.29 is 16.9 Å². The van der Waals surface area contributed by atoms with E-state index in [1.807, 2.05) is 6.20 Å². The van der Waals surface area contributed by atoms with Gasteiger partial charge in [-0.1, -0.05) is 96.8 Å².